The summed E-state index contributed by atoms with van der Waals surface area (Å²) in [6.45, 7) is 6.84. The van der Waals surface area contributed by atoms with Gasteiger partial charge in [0.25, 0.3) is 0 Å². The van der Waals surface area contributed by atoms with Crippen LogP contribution in [0.15, 0.2) is 0 Å². The van der Waals surface area contributed by atoms with E-state index in [0.717, 1.165) is 12.5 Å². The van der Waals surface area contributed by atoms with Gasteiger partial charge in [0.15, 0.2) is 0 Å². The lowest BCUT2D eigenvalue weighted by atomic mass is 10.1. The monoisotopic (exact) mass is 203 g/mol. The van der Waals surface area contributed by atoms with Gasteiger partial charge in [-0.05, 0) is 39.3 Å². The molecule has 0 aromatic rings. The predicted molar refractivity (Wildman–Crippen MR) is 59.4 cm³/mol. The normalized spacial score (nSPS) is 28.4. The second-order valence-corrected chi connectivity index (χ2v) is 4.89. The third-order valence-electron chi connectivity index (χ3n) is 3.00. The average Bonchev–Trinajstić information content (AvgIpc) is 2.28. The Kier molecular flexibility index (Phi) is 5.12. The summed E-state index contributed by atoms with van der Waals surface area (Å²) in [4.78, 5) is 2.60. The summed E-state index contributed by atoms with van der Waals surface area (Å²) in [6, 6.07) is 0.750. The molecule has 1 saturated heterocycles. The smallest absolute Gasteiger partial charge is 0.0322 e. The van der Waals surface area contributed by atoms with Gasteiger partial charge in [0, 0.05) is 11.4 Å². The van der Waals surface area contributed by atoms with Gasteiger partial charge >= 0.3 is 0 Å². The lowest BCUT2D eigenvalue weighted by molar-refractivity contribution is 0.200. The molecule has 0 bridgehead atoms. The van der Waals surface area contributed by atoms with E-state index in [4.69, 9.17) is 11.6 Å². The zero-order valence-electron chi connectivity index (χ0n) is 8.93. The summed E-state index contributed by atoms with van der Waals surface area (Å²) >= 11 is 6.06. The molecule has 0 aromatic carbocycles. The van der Waals surface area contributed by atoms with E-state index in [1.807, 2.05) is 0 Å². The number of likely N-dealkylation sites (tertiary alicyclic amines) is 1. The summed E-state index contributed by atoms with van der Waals surface area (Å²) in [5.74, 6) is 0. The molecule has 0 aliphatic carbocycles. The molecule has 1 aliphatic heterocycles. The van der Waals surface area contributed by atoms with Crippen LogP contribution >= 0.6 is 11.6 Å². The zero-order chi connectivity index (χ0) is 9.68. The van der Waals surface area contributed by atoms with Crippen LogP contribution in [0.4, 0.5) is 0 Å². The van der Waals surface area contributed by atoms with Crippen molar-refractivity contribution in [3.8, 4) is 0 Å². The molecule has 13 heavy (non-hydrogen) atoms. The van der Waals surface area contributed by atoms with E-state index in [0.29, 0.717) is 5.38 Å². The average molecular weight is 204 g/mol. The molecule has 0 saturated carbocycles. The molecule has 1 rings (SSSR count). The first kappa shape index (κ1) is 11.3. The van der Waals surface area contributed by atoms with Crippen LogP contribution in [0.2, 0.25) is 0 Å². The fourth-order valence-electron chi connectivity index (χ4n) is 2.29. The van der Waals surface area contributed by atoms with Crippen molar-refractivity contribution in [3.63, 3.8) is 0 Å². The summed E-state index contributed by atoms with van der Waals surface area (Å²) < 4.78 is 0. The van der Waals surface area contributed by atoms with E-state index >= 15 is 0 Å². The molecule has 0 aromatic heterocycles. The highest BCUT2D eigenvalue weighted by Crippen LogP contribution is 2.21. The minimum atomic E-state index is 0.331. The molecule has 78 valence electrons. The van der Waals surface area contributed by atoms with Crippen molar-refractivity contribution in [3.05, 3.63) is 0 Å². The summed E-state index contributed by atoms with van der Waals surface area (Å²) in [7, 11) is 0. The highest BCUT2D eigenvalue weighted by atomic mass is 35.5. The lowest BCUT2D eigenvalue weighted by Crippen LogP contribution is -2.35. The second kappa shape index (κ2) is 5.87. The quantitative estimate of drug-likeness (QED) is 0.637. The maximum absolute atomic E-state index is 6.06. The molecule has 0 N–H and O–H groups in total. The molecule has 1 heterocycles. The van der Waals surface area contributed by atoms with Gasteiger partial charge in [0.2, 0.25) is 0 Å². The zero-order valence-corrected chi connectivity index (χ0v) is 9.69. The first-order chi connectivity index (χ1) is 6.24. The lowest BCUT2D eigenvalue weighted by Gasteiger charge is -2.29. The molecular formula is C11H22ClN. The van der Waals surface area contributed by atoms with Crippen molar-refractivity contribution in [2.75, 3.05) is 13.1 Å². The number of alkyl halides is 1. The third-order valence-corrected chi connectivity index (χ3v) is 3.18. The van der Waals surface area contributed by atoms with Crippen LogP contribution in [-0.2, 0) is 0 Å². The molecule has 1 aliphatic rings. The maximum Gasteiger partial charge on any atom is 0.0322 e. The molecular weight excluding hydrogens is 182 g/mol. The van der Waals surface area contributed by atoms with Crippen LogP contribution in [0.1, 0.15) is 46.0 Å². The minimum absolute atomic E-state index is 0.331. The number of hydrogen-bond acceptors (Lipinski definition) is 1. The molecule has 2 atom stereocenters. The van der Waals surface area contributed by atoms with Crippen LogP contribution in [0, 0.1) is 0 Å². The number of hydrogen-bond donors (Lipinski definition) is 0. The Morgan fingerprint density at radius 3 is 2.77 bits per heavy atom. The fourth-order valence-corrected chi connectivity index (χ4v) is 2.50. The first-order valence-electron chi connectivity index (χ1n) is 5.62. The fraction of sp³-hybridized carbons (Fsp3) is 1.00. The topological polar surface area (TPSA) is 3.24 Å². The van der Waals surface area contributed by atoms with Crippen molar-refractivity contribution in [1.82, 2.24) is 4.90 Å². The van der Waals surface area contributed by atoms with Gasteiger partial charge in [-0.3, -0.25) is 0 Å². The predicted octanol–water partition coefficient (Wildman–Crippen LogP) is 3.27. The Hall–Kier alpha value is 0.250. The van der Waals surface area contributed by atoms with E-state index in [9.17, 15) is 0 Å². The Bertz CT molecular complexity index is 136. The van der Waals surface area contributed by atoms with Gasteiger partial charge in [-0.1, -0.05) is 19.8 Å². The SMILES string of the molecule is CCN1CCCCCC1CC(C)Cl. The molecule has 0 amide bonds. The number of nitrogens with zero attached hydrogens (tertiary/aromatic N) is 1. The Morgan fingerprint density at radius 2 is 2.15 bits per heavy atom. The van der Waals surface area contributed by atoms with E-state index in [1.165, 1.54) is 38.8 Å². The van der Waals surface area contributed by atoms with E-state index in [-0.39, 0.29) is 0 Å². The van der Waals surface area contributed by atoms with Crippen molar-refractivity contribution < 1.29 is 0 Å². The number of rotatable bonds is 3. The van der Waals surface area contributed by atoms with Crippen molar-refractivity contribution in [2.45, 2.75) is 57.4 Å². The first-order valence-corrected chi connectivity index (χ1v) is 6.05. The molecule has 1 fully saturated rings. The highest BCUT2D eigenvalue weighted by molar-refractivity contribution is 6.20. The maximum atomic E-state index is 6.06. The van der Waals surface area contributed by atoms with E-state index < -0.39 is 0 Å². The summed E-state index contributed by atoms with van der Waals surface area (Å²) in [5, 5.41) is 0.331. The Morgan fingerprint density at radius 1 is 1.38 bits per heavy atom. The molecule has 2 heteroatoms. The standard InChI is InChI=1S/C11H22ClN/c1-3-13-8-6-4-5-7-11(13)9-10(2)12/h10-11H,3-9H2,1-2H3. The van der Waals surface area contributed by atoms with Crippen LogP contribution in [-0.4, -0.2) is 29.4 Å². The van der Waals surface area contributed by atoms with E-state index in [1.54, 1.807) is 0 Å². The van der Waals surface area contributed by atoms with Gasteiger partial charge in [-0.15, -0.1) is 11.6 Å². The third kappa shape index (κ3) is 3.86. The minimum Gasteiger partial charge on any atom is -0.301 e. The van der Waals surface area contributed by atoms with Gasteiger partial charge in [-0.2, -0.15) is 0 Å². The van der Waals surface area contributed by atoms with Crippen LogP contribution in [0.5, 0.6) is 0 Å². The Balaban J connectivity index is 2.44. The molecule has 0 radical (unpaired) electrons. The number of halogens is 1. The van der Waals surface area contributed by atoms with E-state index in [2.05, 4.69) is 18.7 Å². The van der Waals surface area contributed by atoms with Crippen molar-refractivity contribution >= 4 is 11.6 Å². The van der Waals surface area contributed by atoms with Gasteiger partial charge in [0.1, 0.15) is 0 Å². The molecule has 2 unspecified atom stereocenters. The Labute approximate surface area is 87.4 Å². The molecule has 1 nitrogen and oxygen atoms in total. The largest absolute Gasteiger partial charge is 0.301 e. The van der Waals surface area contributed by atoms with Crippen LogP contribution in [0.25, 0.3) is 0 Å². The summed E-state index contributed by atoms with van der Waals surface area (Å²) in [6.07, 6.45) is 6.69. The van der Waals surface area contributed by atoms with Gasteiger partial charge in [0.05, 0.1) is 0 Å². The molecule has 0 spiro atoms. The van der Waals surface area contributed by atoms with Crippen molar-refractivity contribution in [2.24, 2.45) is 0 Å². The van der Waals surface area contributed by atoms with Crippen LogP contribution < -0.4 is 0 Å². The van der Waals surface area contributed by atoms with Crippen LogP contribution in [0.3, 0.4) is 0 Å². The van der Waals surface area contributed by atoms with Crippen molar-refractivity contribution in [1.29, 1.82) is 0 Å². The van der Waals surface area contributed by atoms with Gasteiger partial charge in [-0.25, -0.2) is 0 Å². The summed E-state index contributed by atoms with van der Waals surface area (Å²) in [5.41, 5.74) is 0. The highest BCUT2D eigenvalue weighted by Gasteiger charge is 2.20. The second-order valence-electron chi connectivity index (χ2n) is 4.15. The van der Waals surface area contributed by atoms with Gasteiger partial charge < -0.3 is 4.90 Å².